The fourth-order valence-corrected chi connectivity index (χ4v) is 4.37. The summed E-state index contributed by atoms with van der Waals surface area (Å²) in [5.41, 5.74) is 8.64. The first-order chi connectivity index (χ1) is 8.68. The summed E-state index contributed by atoms with van der Waals surface area (Å²) in [5, 5.41) is 6.24. The number of nitrogens with two attached hydrogens (primary N) is 1. The van der Waals surface area contributed by atoms with Crippen molar-refractivity contribution < 1.29 is 0 Å². The highest BCUT2D eigenvalue weighted by atomic mass is 35.5. The van der Waals surface area contributed by atoms with Crippen LogP contribution in [0.1, 0.15) is 22.0 Å². The van der Waals surface area contributed by atoms with Crippen LogP contribution in [0.15, 0.2) is 35.0 Å². The van der Waals surface area contributed by atoms with Gasteiger partial charge in [0.25, 0.3) is 0 Å². The SMILES string of the molecule is Cc1csc(C(N)c2csc3ccccc23)c1Cl. The molecule has 2 N–H and O–H groups in total. The molecule has 3 rings (SSSR count). The van der Waals surface area contributed by atoms with Gasteiger partial charge < -0.3 is 5.73 Å². The van der Waals surface area contributed by atoms with Gasteiger partial charge in [0.15, 0.2) is 0 Å². The maximum Gasteiger partial charge on any atom is 0.0675 e. The molecule has 0 aliphatic rings. The Bertz CT molecular complexity index is 699. The van der Waals surface area contributed by atoms with Crippen molar-refractivity contribution in [3.05, 3.63) is 56.1 Å². The van der Waals surface area contributed by atoms with Crippen LogP contribution in [0.5, 0.6) is 0 Å². The molecule has 0 radical (unpaired) electrons. The lowest BCUT2D eigenvalue weighted by Gasteiger charge is -2.10. The molecule has 2 heterocycles. The van der Waals surface area contributed by atoms with E-state index >= 15 is 0 Å². The number of hydrogen-bond acceptors (Lipinski definition) is 3. The molecule has 0 fully saturated rings. The van der Waals surface area contributed by atoms with Crippen LogP contribution in [0.3, 0.4) is 0 Å². The fraction of sp³-hybridized carbons (Fsp3) is 0.143. The summed E-state index contributed by atoms with van der Waals surface area (Å²) in [6, 6.07) is 8.21. The Balaban J connectivity index is 2.12. The molecule has 0 bridgehead atoms. The summed E-state index contributed by atoms with van der Waals surface area (Å²) in [6.07, 6.45) is 0. The number of halogens is 1. The first-order valence-electron chi connectivity index (χ1n) is 5.63. The average molecular weight is 294 g/mol. The fourth-order valence-electron chi connectivity index (χ4n) is 2.04. The van der Waals surface area contributed by atoms with Gasteiger partial charge in [-0.1, -0.05) is 29.8 Å². The van der Waals surface area contributed by atoms with Crippen molar-refractivity contribution in [1.82, 2.24) is 0 Å². The largest absolute Gasteiger partial charge is 0.320 e. The Hall–Kier alpha value is -0.870. The van der Waals surface area contributed by atoms with Crippen molar-refractivity contribution in [3.8, 4) is 0 Å². The molecule has 18 heavy (non-hydrogen) atoms. The zero-order valence-corrected chi connectivity index (χ0v) is 12.2. The van der Waals surface area contributed by atoms with E-state index in [0.29, 0.717) is 0 Å². The van der Waals surface area contributed by atoms with Gasteiger partial charge in [-0.15, -0.1) is 22.7 Å². The summed E-state index contributed by atoms with van der Waals surface area (Å²) < 4.78 is 1.27. The monoisotopic (exact) mass is 293 g/mol. The van der Waals surface area contributed by atoms with E-state index < -0.39 is 0 Å². The van der Waals surface area contributed by atoms with Crippen LogP contribution in [0, 0.1) is 6.92 Å². The van der Waals surface area contributed by atoms with Crippen LogP contribution >= 0.6 is 34.3 Å². The van der Waals surface area contributed by atoms with E-state index in [1.54, 1.807) is 22.7 Å². The number of hydrogen-bond donors (Lipinski definition) is 1. The number of aryl methyl sites for hydroxylation is 1. The number of benzene rings is 1. The van der Waals surface area contributed by atoms with Crippen molar-refractivity contribution in [2.75, 3.05) is 0 Å². The van der Waals surface area contributed by atoms with E-state index in [4.69, 9.17) is 17.3 Å². The summed E-state index contributed by atoms with van der Waals surface area (Å²) in [6.45, 7) is 2.01. The van der Waals surface area contributed by atoms with Crippen molar-refractivity contribution in [2.24, 2.45) is 5.73 Å². The minimum absolute atomic E-state index is 0.132. The maximum absolute atomic E-state index is 6.37. The molecule has 0 saturated carbocycles. The van der Waals surface area contributed by atoms with Gasteiger partial charge in [0.1, 0.15) is 0 Å². The summed E-state index contributed by atoms with van der Waals surface area (Å²) >= 11 is 9.68. The van der Waals surface area contributed by atoms with E-state index in [-0.39, 0.29) is 6.04 Å². The molecule has 0 aliphatic heterocycles. The van der Waals surface area contributed by atoms with Gasteiger partial charge in [-0.2, -0.15) is 0 Å². The Morgan fingerprint density at radius 1 is 1.17 bits per heavy atom. The Morgan fingerprint density at radius 2 is 1.94 bits per heavy atom. The third-order valence-corrected chi connectivity index (χ3v) is 5.83. The lowest BCUT2D eigenvalue weighted by Crippen LogP contribution is -2.10. The van der Waals surface area contributed by atoms with E-state index in [1.165, 1.54) is 15.6 Å². The van der Waals surface area contributed by atoms with Gasteiger partial charge in [0.2, 0.25) is 0 Å². The molecule has 2 aromatic heterocycles. The molecule has 1 unspecified atom stereocenters. The molecule has 4 heteroatoms. The topological polar surface area (TPSA) is 26.0 Å². The Labute approximate surface area is 119 Å². The van der Waals surface area contributed by atoms with Gasteiger partial charge in [0, 0.05) is 9.58 Å². The van der Waals surface area contributed by atoms with Crippen molar-refractivity contribution in [2.45, 2.75) is 13.0 Å². The second kappa shape index (κ2) is 4.67. The molecule has 1 nitrogen and oxygen atoms in total. The van der Waals surface area contributed by atoms with Crippen LogP contribution in [-0.4, -0.2) is 0 Å². The van der Waals surface area contributed by atoms with Gasteiger partial charge in [0.05, 0.1) is 11.1 Å². The molecule has 0 aliphatic carbocycles. The highest BCUT2D eigenvalue weighted by molar-refractivity contribution is 7.17. The molecule has 0 amide bonds. The molecule has 3 aromatic rings. The maximum atomic E-state index is 6.37. The van der Waals surface area contributed by atoms with E-state index in [0.717, 1.165) is 15.5 Å². The molecular formula is C14H12ClNS2. The van der Waals surface area contributed by atoms with Crippen molar-refractivity contribution >= 4 is 44.4 Å². The average Bonchev–Trinajstić information content (AvgIpc) is 2.94. The van der Waals surface area contributed by atoms with E-state index in [9.17, 15) is 0 Å². The predicted molar refractivity (Wildman–Crippen MR) is 81.9 cm³/mol. The van der Waals surface area contributed by atoms with Crippen LogP contribution in [-0.2, 0) is 0 Å². The minimum atomic E-state index is -0.132. The molecule has 0 saturated heterocycles. The zero-order valence-electron chi connectivity index (χ0n) is 9.81. The van der Waals surface area contributed by atoms with Crippen LogP contribution in [0.25, 0.3) is 10.1 Å². The van der Waals surface area contributed by atoms with E-state index in [2.05, 4.69) is 29.0 Å². The number of thiophene rings is 2. The number of fused-ring (bicyclic) bond motifs is 1. The van der Waals surface area contributed by atoms with Crippen molar-refractivity contribution in [3.63, 3.8) is 0 Å². The van der Waals surface area contributed by atoms with E-state index in [1.807, 2.05) is 13.0 Å². The second-order valence-corrected chi connectivity index (χ2v) is 6.46. The molecule has 1 atom stereocenters. The lowest BCUT2D eigenvalue weighted by atomic mass is 10.0. The highest BCUT2D eigenvalue weighted by Gasteiger charge is 2.18. The van der Waals surface area contributed by atoms with Gasteiger partial charge >= 0.3 is 0 Å². The summed E-state index contributed by atoms with van der Waals surface area (Å²) in [7, 11) is 0. The molecule has 1 aromatic carbocycles. The smallest absolute Gasteiger partial charge is 0.0675 e. The first kappa shape index (κ1) is 12.2. The quantitative estimate of drug-likeness (QED) is 0.709. The first-order valence-corrected chi connectivity index (χ1v) is 7.77. The Kier molecular flexibility index (Phi) is 3.16. The summed E-state index contributed by atoms with van der Waals surface area (Å²) in [4.78, 5) is 1.05. The third-order valence-electron chi connectivity index (χ3n) is 3.05. The number of rotatable bonds is 2. The lowest BCUT2D eigenvalue weighted by molar-refractivity contribution is 0.907. The van der Waals surface area contributed by atoms with Crippen LogP contribution in [0.2, 0.25) is 5.02 Å². The second-order valence-electron chi connectivity index (χ2n) is 4.26. The van der Waals surface area contributed by atoms with Crippen LogP contribution in [0.4, 0.5) is 0 Å². The highest BCUT2D eigenvalue weighted by Crippen LogP contribution is 2.38. The molecule has 0 spiro atoms. The predicted octanol–water partition coefficient (Wildman–Crippen LogP) is 4.97. The Morgan fingerprint density at radius 3 is 2.67 bits per heavy atom. The standard InChI is InChI=1S/C14H12ClNS2/c1-8-6-18-14(12(8)15)13(16)10-7-17-11-5-3-2-4-9(10)11/h2-7,13H,16H2,1H3. The summed E-state index contributed by atoms with van der Waals surface area (Å²) in [5.74, 6) is 0. The zero-order chi connectivity index (χ0) is 12.7. The molecule has 92 valence electrons. The van der Waals surface area contributed by atoms with Gasteiger partial charge in [-0.05, 0) is 40.3 Å². The van der Waals surface area contributed by atoms with Gasteiger partial charge in [-0.3, -0.25) is 0 Å². The molecular weight excluding hydrogens is 282 g/mol. The normalized spacial score (nSPS) is 13.1. The third kappa shape index (κ3) is 1.88. The van der Waals surface area contributed by atoms with Gasteiger partial charge in [-0.25, -0.2) is 0 Å². The van der Waals surface area contributed by atoms with Crippen LogP contribution < -0.4 is 5.73 Å². The minimum Gasteiger partial charge on any atom is -0.320 e. The van der Waals surface area contributed by atoms with Crippen molar-refractivity contribution in [1.29, 1.82) is 0 Å².